The van der Waals surface area contributed by atoms with Gasteiger partial charge in [-0.3, -0.25) is 0 Å². The van der Waals surface area contributed by atoms with E-state index in [-0.39, 0.29) is 12.2 Å². The largest absolute Gasteiger partial charge is 0.506 e. The average molecular weight is 625 g/mol. The lowest BCUT2D eigenvalue weighted by Crippen LogP contribution is -2.23. The lowest BCUT2D eigenvalue weighted by molar-refractivity contribution is -0.00676. The quantitative estimate of drug-likeness (QED) is 0.0412. The summed E-state index contributed by atoms with van der Waals surface area (Å²) >= 11 is 0. The summed E-state index contributed by atoms with van der Waals surface area (Å²) in [6.45, 7) is 5.57. The molecule has 0 saturated carbocycles. The molecule has 0 aliphatic rings. The Morgan fingerprint density at radius 2 is 1.00 bits per heavy atom. The van der Waals surface area contributed by atoms with Crippen molar-refractivity contribution >= 4 is 6.16 Å². The molecule has 5 heteroatoms. The van der Waals surface area contributed by atoms with Crippen LogP contribution in [0.15, 0.2) is 12.2 Å². The third-order valence-electron chi connectivity index (χ3n) is 8.83. The van der Waals surface area contributed by atoms with E-state index in [4.69, 9.17) is 14.6 Å². The summed E-state index contributed by atoms with van der Waals surface area (Å²) in [6.07, 6.45) is 39.7. The second kappa shape index (κ2) is 36.4. The number of hydrogen-bond donors (Lipinski definition) is 2. The minimum Gasteiger partial charge on any atom is -0.450 e. The van der Waals surface area contributed by atoms with E-state index in [1.165, 1.54) is 141 Å². The van der Waals surface area contributed by atoms with Gasteiger partial charge in [-0.1, -0.05) is 174 Å². The number of ether oxygens (including phenoxy) is 2. The maximum absolute atomic E-state index is 11.1. The Hall–Kier alpha value is -1.07. The molecule has 2 atom stereocenters. The van der Waals surface area contributed by atoms with Gasteiger partial charge in [0.25, 0.3) is 0 Å². The topological polar surface area (TPSA) is 76.0 Å². The molecule has 5 nitrogen and oxygen atoms in total. The Bertz CT molecular complexity index is 593. The number of carbonyl (C=O) groups is 1. The minimum absolute atomic E-state index is 0.179. The zero-order valence-corrected chi connectivity index (χ0v) is 29.6. The van der Waals surface area contributed by atoms with Gasteiger partial charge in [0.15, 0.2) is 0 Å². The molecule has 0 spiro atoms. The molecule has 0 radical (unpaired) electrons. The highest BCUT2D eigenvalue weighted by Crippen LogP contribution is 2.15. The van der Waals surface area contributed by atoms with Gasteiger partial charge in [-0.2, -0.15) is 0 Å². The molecule has 0 aromatic rings. The molecule has 0 aromatic carbocycles. The van der Waals surface area contributed by atoms with Crippen molar-refractivity contribution in [3.05, 3.63) is 12.2 Å². The molecular weight excluding hydrogens is 548 g/mol. The van der Waals surface area contributed by atoms with Crippen molar-refractivity contribution in [1.29, 1.82) is 0 Å². The van der Waals surface area contributed by atoms with E-state index in [1.54, 1.807) is 0 Å². The lowest BCUT2D eigenvalue weighted by atomic mass is 10.0. The summed E-state index contributed by atoms with van der Waals surface area (Å²) < 4.78 is 10.9. The van der Waals surface area contributed by atoms with Crippen LogP contribution >= 0.6 is 0 Å². The fraction of sp³-hybridized carbons (Fsp3) is 0.923. The van der Waals surface area contributed by atoms with Crippen molar-refractivity contribution in [1.82, 2.24) is 0 Å². The number of carboxylic acid groups (broad SMARTS) is 1. The fourth-order valence-electron chi connectivity index (χ4n) is 5.92. The average Bonchev–Trinajstić information content (AvgIpc) is 3.00. The highest BCUT2D eigenvalue weighted by Gasteiger charge is 2.13. The van der Waals surface area contributed by atoms with E-state index in [1.807, 2.05) is 0 Å². The van der Waals surface area contributed by atoms with Crippen molar-refractivity contribution in [2.24, 2.45) is 0 Å². The molecular formula is C39H76O5. The third kappa shape index (κ3) is 35.4. The van der Waals surface area contributed by atoms with Crippen LogP contribution in [0, 0.1) is 0 Å². The molecule has 0 bridgehead atoms. The molecule has 262 valence electrons. The predicted octanol–water partition coefficient (Wildman–Crippen LogP) is 12.7. The number of allylic oxidation sites excluding steroid dienone is 1. The van der Waals surface area contributed by atoms with Gasteiger partial charge in [-0.15, -0.1) is 0 Å². The molecule has 0 aliphatic heterocycles. The summed E-state index contributed by atoms with van der Waals surface area (Å²) in [7, 11) is 0. The van der Waals surface area contributed by atoms with Gasteiger partial charge >= 0.3 is 6.16 Å². The van der Waals surface area contributed by atoms with Gasteiger partial charge in [0.1, 0.15) is 6.10 Å². The van der Waals surface area contributed by atoms with Crippen molar-refractivity contribution in [2.75, 3.05) is 13.2 Å². The molecule has 2 N–H and O–H groups in total. The molecule has 0 aromatic heterocycles. The maximum atomic E-state index is 11.1. The zero-order chi connectivity index (χ0) is 32.2. The summed E-state index contributed by atoms with van der Waals surface area (Å²) in [5.74, 6) is 0. The van der Waals surface area contributed by atoms with Crippen LogP contribution in [0.2, 0.25) is 0 Å². The SMILES string of the molecule is CCCCCCCCCCCCCCCCCCOCC(CCCCCCCC/C=C\CC(O)CCCCCC)OC(=O)O. The zero-order valence-electron chi connectivity index (χ0n) is 29.6. The normalized spacial score (nSPS) is 13.1. The Kier molecular flexibility index (Phi) is 35.5. The number of aliphatic hydroxyl groups is 1. The van der Waals surface area contributed by atoms with Gasteiger partial charge in [-0.25, -0.2) is 4.79 Å². The molecule has 2 unspecified atom stereocenters. The smallest absolute Gasteiger partial charge is 0.450 e. The molecule has 0 fully saturated rings. The van der Waals surface area contributed by atoms with Gasteiger partial charge < -0.3 is 19.7 Å². The summed E-state index contributed by atoms with van der Waals surface area (Å²) in [6, 6.07) is 0. The van der Waals surface area contributed by atoms with Crippen LogP contribution in [0.25, 0.3) is 0 Å². The van der Waals surface area contributed by atoms with Crippen LogP contribution in [0.3, 0.4) is 0 Å². The molecule has 0 rings (SSSR count). The molecule has 0 saturated heterocycles. The predicted molar refractivity (Wildman–Crippen MR) is 189 cm³/mol. The fourth-order valence-corrected chi connectivity index (χ4v) is 5.92. The number of aliphatic hydroxyl groups excluding tert-OH is 1. The summed E-state index contributed by atoms with van der Waals surface area (Å²) in [4.78, 5) is 11.1. The first-order chi connectivity index (χ1) is 21.6. The first-order valence-electron chi connectivity index (χ1n) is 19.4. The lowest BCUT2D eigenvalue weighted by Gasteiger charge is -2.16. The minimum atomic E-state index is -1.20. The van der Waals surface area contributed by atoms with Gasteiger partial charge in [0, 0.05) is 6.61 Å². The van der Waals surface area contributed by atoms with Crippen molar-refractivity contribution in [3.63, 3.8) is 0 Å². The van der Waals surface area contributed by atoms with E-state index in [2.05, 4.69) is 26.0 Å². The van der Waals surface area contributed by atoms with E-state index >= 15 is 0 Å². The Morgan fingerprint density at radius 1 is 0.568 bits per heavy atom. The molecule has 0 aliphatic carbocycles. The van der Waals surface area contributed by atoms with Crippen LogP contribution in [0.4, 0.5) is 4.79 Å². The number of unbranched alkanes of at least 4 members (excludes halogenated alkanes) is 24. The molecule has 0 amide bonds. The van der Waals surface area contributed by atoms with Crippen molar-refractivity contribution < 1.29 is 24.5 Å². The highest BCUT2D eigenvalue weighted by atomic mass is 16.7. The Balaban J connectivity index is 3.55. The van der Waals surface area contributed by atoms with Crippen molar-refractivity contribution in [3.8, 4) is 0 Å². The monoisotopic (exact) mass is 625 g/mol. The standard InChI is InChI=1S/C39H76O5/c1-3-5-7-9-10-11-12-13-14-15-16-17-21-24-27-31-35-43-36-38(44-39(41)42)34-30-26-23-20-18-19-22-25-29-33-37(40)32-28-8-6-4-2/h25,29,37-38,40H,3-24,26-28,30-36H2,1-2H3,(H,41,42)/b29-25-. The number of rotatable bonds is 36. The second-order valence-electron chi connectivity index (χ2n) is 13.3. The first-order valence-corrected chi connectivity index (χ1v) is 19.4. The van der Waals surface area contributed by atoms with E-state index in [0.29, 0.717) is 13.2 Å². The maximum Gasteiger partial charge on any atom is 0.506 e. The Morgan fingerprint density at radius 3 is 1.52 bits per heavy atom. The van der Waals surface area contributed by atoms with E-state index < -0.39 is 6.16 Å². The summed E-state index contributed by atoms with van der Waals surface area (Å²) in [5.41, 5.74) is 0. The van der Waals surface area contributed by atoms with Gasteiger partial charge in [0.2, 0.25) is 0 Å². The van der Waals surface area contributed by atoms with E-state index in [9.17, 15) is 9.90 Å². The highest BCUT2D eigenvalue weighted by molar-refractivity contribution is 5.57. The van der Waals surface area contributed by atoms with Crippen LogP contribution in [0.1, 0.15) is 206 Å². The van der Waals surface area contributed by atoms with Gasteiger partial charge in [-0.05, 0) is 44.9 Å². The number of hydrogen-bond acceptors (Lipinski definition) is 4. The molecule has 44 heavy (non-hydrogen) atoms. The van der Waals surface area contributed by atoms with Crippen LogP contribution in [-0.2, 0) is 9.47 Å². The first kappa shape index (κ1) is 42.9. The third-order valence-corrected chi connectivity index (χ3v) is 8.83. The Labute approximate surface area is 274 Å². The van der Waals surface area contributed by atoms with Crippen LogP contribution < -0.4 is 0 Å². The molecule has 0 heterocycles. The second-order valence-corrected chi connectivity index (χ2v) is 13.3. The summed E-state index contributed by atoms with van der Waals surface area (Å²) in [5, 5.41) is 19.1. The van der Waals surface area contributed by atoms with Crippen LogP contribution in [0.5, 0.6) is 0 Å². The van der Waals surface area contributed by atoms with Crippen molar-refractivity contribution in [2.45, 2.75) is 219 Å². The van der Waals surface area contributed by atoms with Gasteiger partial charge in [0.05, 0.1) is 12.7 Å². The van der Waals surface area contributed by atoms with E-state index in [0.717, 1.165) is 51.4 Å². The van der Waals surface area contributed by atoms with Crippen LogP contribution in [-0.4, -0.2) is 41.8 Å².